The average molecular weight is 392 g/mol. The fraction of sp³-hybridized carbons (Fsp3) is 0.417. The van der Waals surface area contributed by atoms with E-state index in [-0.39, 0.29) is 5.91 Å². The molecule has 0 radical (unpaired) electrons. The Labute approximate surface area is 172 Å². The zero-order valence-corrected chi connectivity index (χ0v) is 17.4. The van der Waals surface area contributed by atoms with Crippen LogP contribution < -0.4 is 4.74 Å². The van der Waals surface area contributed by atoms with Crippen molar-refractivity contribution < 1.29 is 9.53 Å². The number of benzene rings is 1. The first-order chi connectivity index (χ1) is 14.0. The topological polar surface area (TPSA) is 58.2 Å². The summed E-state index contributed by atoms with van der Waals surface area (Å²) in [5, 5.41) is 0. The van der Waals surface area contributed by atoms with E-state index in [1.54, 1.807) is 0 Å². The van der Waals surface area contributed by atoms with Crippen molar-refractivity contribution in [3.05, 3.63) is 59.9 Å². The van der Waals surface area contributed by atoms with Gasteiger partial charge in [-0.3, -0.25) is 9.78 Å². The van der Waals surface area contributed by atoms with Crippen molar-refractivity contribution in [3.63, 3.8) is 0 Å². The smallest absolute Gasteiger partial charge is 0.263 e. The van der Waals surface area contributed by atoms with Crippen LogP contribution in [0.25, 0.3) is 11.0 Å². The van der Waals surface area contributed by atoms with Gasteiger partial charge in [-0.25, -0.2) is 0 Å². The molecule has 5 nitrogen and oxygen atoms in total. The Hall–Kier alpha value is -2.82. The number of fused-ring (bicyclic) bond motifs is 1. The first-order valence-corrected chi connectivity index (χ1v) is 10.5. The zero-order chi connectivity index (χ0) is 20.4. The Morgan fingerprint density at radius 3 is 2.66 bits per heavy atom. The van der Waals surface area contributed by atoms with Gasteiger partial charge < -0.3 is 14.6 Å². The van der Waals surface area contributed by atoms with Gasteiger partial charge in [0.1, 0.15) is 5.75 Å². The molecule has 3 heterocycles. The molecule has 1 unspecified atom stereocenters. The number of para-hydroxylation sites is 1. The Morgan fingerprint density at radius 1 is 1.14 bits per heavy atom. The lowest BCUT2D eigenvalue weighted by Crippen LogP contribution is -2.44. The van der Waals surface area contributed by atoms with Crippen molar-refractivity contribution >= 4 is 16.9 Å². The van der Waals surface area contributed by atoms with E-state index < -0.39 is 6.10 Å². The molecule has 152 valence electrons. The SMILES string of the molecule is CC(Oc1ccccc1C(C)C)C(=O)N1CCC(c2c[nH]c3cccnc23)CC1. The number of carbonyl (C=O) groups excluding carboxylic acids is 1. The van der Waals surface area contributed by atoms with Gasteiger partial charge in [0.25, 0.3) is 5.91 Å². The van der Waals surface area contributed by atoms with Crippen LogP contribution >= 0.6 is 0 Å². The monoisotopic (exact) mass is 391 g/mol. The van der Waals surface area contributed by atoms with E-state index in [0.29, 0.717) is 11.8 Å². The van der Waals surface area contributed by atoms with Crippen molar-refractivity contribution in [1.82, 2.24) is 14.9 Å². The highest BCUT2D eigenvalue weighted by Gasteiger charge is 2.29. The molecule has 1 aliphatic heterocycles. The number of nitrogens with one attached hydrogen (secondary N) is 1. The van der Waals surface area contributed by atoms with Crippen LogP contribution in [0.1, 0.15) is 56.6 Å². The lowest BCUT2D eigenvalue weighted by atomic mass is 9.90. The second-order valence-electron chi connectivity index (χ2n) is 8.20. The van der Waals surface area contributed by atoms with Crippen molar-refractivity contribution in [3.8, 4) is 5.75 Å². The van der Waals surface area contributed by atoms with Crippen molar-refractivity contribution in [2.24, 2.45) is 0 Å². The Bertz CT molecular complexity index is 986. The largest absolute Gasteiger partial charge is 0.481 e. The summed E-state index contributed by atoms with van der Waals surface area (Å²) in [6, 6.07) is 12.0. The first kappa shape index (κ1) is 19.5. The Balaban J connectivity index is 1.39. The molecule has 1 aromatic carbocycles. The minimum Gasteiger partial charge on any atom is -0.481 e. The van der Waals surface area contributed by atoms with Crippen LogP contribution in [0.2, 0.25) is 0 Å². The van der Waals surface area contributed by atoms with Crippen LogP contribution in [-0.2, 0) is 4.79 Å². The summed E-state index contributed by atoms with van der Waals surface area (Å²) < 4.78 is 6.07. The fourth-order valence-electron chi connectivity index (χ4n) is 4.26. The number of aromatic amines is 1. The van der Waals surface area contributed by atoms with E-state index in [1.165, 1.54) is 5.56 Å². The molecule has 4 rings (SSSR count). The van der Waals surface area contributed by atoms with Crippen LogP contribution in [0, 0.1) is 0 Å². The molecule has 29 heavy (non-hydrogen) atoms. The van der Waals surface area contributed by atoms with Gasteiger partial charge in [0.15, 0.2) is 6.10 Å². The number of likely N-dealkylation sites (tertiary alicyclic amines) is 1. The van der Waals surface area contributed by atoms with E-state index in [9.17, 15) is 4.79 Å². The molecule has 0 saturated carbocycles. The quantitative estimate of drug-likeness (QED) is 0.676. The highest BCUT2D eigenvalue weighted by Crippen LogP contribution is 2.33. The van der Waals surface area contributed by atoms with Gasteiger partial charge in [-0.05, 0) is 60.9 Å². The van der Waals surface area contributed by atoms with Crippen molar-refractivity contribution in [1.29, 1.82) is 0 Å². The third kappa shape index (κ3) is 4.00. The van der Waals surface area contributed by atoms with Gasteiger partial charge in [-0.2, -0.15) is 0 Å². The Morgan fingerprint density at radius 2 is 1.90 bits per heavy atom. The summed E-state index contributed by atoms with van der Waals surface area (Å²) in [4.78, 5) is 22.8. The van der Waals surface area contributed by atoms with E-state index in [1.807, 2.05) is 42.3 Å². The summed E-state index contributed by atoms with van der Waals surface area (Å²) in [6.07, 6.45) is 5.33. The first-order valence-electron chi connectivity index (χ1n) is 10.5. The molecular weight excluding hydrogens is 362 g/mol. The molecule has 1 aliphatic rings. The second kappa shape index (κ2) is 8.27. The lowest BCUT2D eigenvalue weighted by Gasteiger charge is -2.33. The maximum absolute atomic E-state index is 13.0. The molecule has 0 spiro atoms. The Kier molecular flexibility index (Phi) is 5.56. The highest BCUT2D eigenvalue weighted by molar-refractivity contribution is 5.81. The molecule has 0 bridgehead atoms. The number of aromatic nitrogens is 2. The van der Waals surface area contributed by atoms with Gasteiger partial charge >= 0.3 is 0 Å². The molecule has 2 aromatic heterocycles. The number of hydrogen-bond acceptors (Lipinski definition) is 3. The molecule has 1 fully saturated rings. The van der Waals surface area contributed by atoms with E-state index in [4.69, 9.17) is 4.74 Å². The average Bonchev–Trinajstić information content (AvgIpc) is 3.17. The number of piperidine rings is 1. The zero-order valence-electron chi connectivity index (χ0n) is 17.4. The number of H-pyrrole nitrogens is 1. The fourth-order valence-corrected chi connectivity index (χ4v) is 4.26. The summed E-state index contributed by atoms with van der Waals surface area (Å²) in [5.41, 5.74) is 4.53. The maximum atomic E-state index is 13.0. The number of hydrogen-bond donors (Lipinski definition) is 1. The van der Waals surface area contributed by atoms with Crippen LogP contribution in [0.4, 0.5) is 0 Å². The molecule has 5 heteroatoms. The lowest BCUT2D eigenvalue weighted by molar-refractivity contribution is -0.139. The summed E-state index contributed by atoms with van der Waals surface area (Å²) in [7, 11) is 0. The molecule has 0 aliphatic carbocycles. The third-order valence-corrected chi connectivity index (χ3v) is 5.90. The minimum atomic E-state index is -0.485. The van der Waals surface area contributed by atoms with Crippen molar-refractivity contribution in [2.75, 3.05) is 13.1 Å². The number of pyridine rings is 1. The standard InChI is InChI=1S/C24H29N3O2/c1-16(2)19-7-4-5-9-22(19)29-17(3)24(28)27-13-10-18(11-14-27)20-15-26-21-8-6-12-25-23(20)21/h4-9,12,15-18,26H,10-11,13-14H2,1-3H3. The maximum Gasteiger partial charge on any atom is 0.263 e. The summed E-state index contributed by atoms with van der Waals surface area (Å²) in [5.74, 6) is 1.66. The highest BCUT2D eigenvalue weighted by atomic mass is 16.5. The number of ether oxygens (including phenoxy) is 1. The third-order valence-electron chi connectivity index (χ3n) is 5.90. The van der Waals surface area contributed by atoms with Gasteiger partial charge in [0.2, 0.25) is 0 Å². The molecule has 1 N–H and O–H groups in total. The van der Waals surface area contributed by atoms with Crippen LogP contribution in [0.5, 0.6) is 5.75 Å². The molecule has 1 atom stereocenters. The molecule has 3 aromatic rings. The van der Waals surface area contributed by atoms with Gasteiger partial charge in [0.05, 0.1) is 11.0 Å². The van der Waals surface area contributed by atoms with Crippen LogP contribution in [0.15, 0.2) is 48.8 Å². The minimum absolute atomic E-state index is 0.0686. The van der Waals surface area contributed by atoms with E-state index >= 15 is 0 Å². The predicted molar refractivity (Wildman–Crippen MR) is 115 cm³/mol. The normalized spacial score (nSPS) is 16.3. The number of amides is 1. The van der Waals surface area contributed by atoms with E-state index in [0.717, 1.165) is 48.3 Å². The summed E-state index contributed by atoms with van der Waals surface area (Å²) >= 11 is 0. The van der Waals surface area contributed by atoms with Gasteiger partial charge in [-0.1, -0.05) is 32.0 Å². The van der Waals surface area contributed by atoms with Crippen LogP contribution in [0.3, 0.4) is 0 Å². The van der Waals surface area contributed by atoms with Gasteiger partial charge in [0, 0.05) is 25.5 Å². The molecule has 1 amide bonds. The summed E-state index contributed by atoms with van der Waals surface area (Å²) in [6.45, 7) is 7.64. The second-order valence-corrected chi connectivity index (χ2v) is 8.20. The van der Waals surface area contributed by atoms with Gasteiger partial charge in [-0.15, -0.1) is 0 Å². The van der Waals surface area contributed by atoms with Crippen molar-refractivity contribution in [2.45, 2.75) is 51.6 Å². The molecule has 1 saturated heterocycles. The molecular formula is C24H29N3O2. The number of rotatable bonds is 5. The number of carbonyl (C=O) groups is 1. The van der Waals surface area contributed by atoms with E-state index in [2.05, 4.69) is 42.1 Å². The van der Waals surface area contributed by atoms with Crippen LogP contribution in [-0.4, -0.2) is 40.0 Å². The predicted octanol–water partition coefficient (Wildman–Crippen LogP) is 4.86. The number of nitrogens with zero attached hydrogens (tertiary/aromatic N) is 2.